The molecule has 6 heteroatoms. The highest BCUT2D eigenvalue weighted by molar-refractivity contribution is 9.10. The topological polar surface area (TPSA) is 52.4 Å². The molecule has 0 heterocycles. The van der Waals surface area contributed by atoms with Gasteiger partial charge in [-0.05, 0) is 35.9 Å². The van der Waals surface area contributed by atoms with Gasteiger partial charge in [0.2, 0.25) is 0 Å². The Morgan fingerprint density at radius 2 is 1.85 bits per heavy atom. The monoisotopic (exact) mass is 399 g/mol. The van der Waals surface area contributed by atoms with Gasteiger partial charge >= 0.3 is 0 Å². The van der Waals surface area contributed by atoms with E-state index in [4.69, 9.17) is 4.74 Å². The summed E-state index contributed by atoms with van der Waals surface area (Å²) in [4.78, 5) is 10.2. The van der Waals surface area contributed by atoms with E-state index in [9.17, 15) is 10.1 Å². The Balaban J connectivity index is 2.06. The average Bonchev–Trinajstić information content (AvgIpc) is 2.46. The summed E-state index contributed by atoms with van der Waals surface area (Å²) < 4.78 is 6.74. The highest BCUT2D eigenvalue weighted by Crippen LogP contribution is 2.26. The van der Waals surface area contributed by atoms with Crippen LogP contribution in [0.5, 0.6) is 5.75 Å². The lowest BCUT2D eigenvalue weighted by atomic mass is 10.2. The fraction of sp³-hybridized carbons (Fsp3) is 0.143. The minimum absolute atomic E-state index is 0.0820. The number of benzene rings is 2. The van der Waals surface area contributed by atoms with Crippen LogP contribution in [0, 0.1) is 10.1 Å². The number of halogens is 2. The molecule has 0 aliphatic heterocycles. The van der Waals surface area contributed by atoms with Gasteiger partial charge in [0.15, 0.2) is 0 Å². The van der Waals surface area contributed by atoms with Crippen LogP contribution >= 0.6 is 31.9 Å². The largest absolute Gasteiger partial charge is 0.489 e. The van der Waals surface area contributed by atoms with Gasteiger partial charge in [-0.25, -0.2) is 0 Å². The molecule has 0 radical (unpaired) electrons. The molecule has 0 amide bonds. The van der Waals surface area contributed by atoms with Crippen LogP contribution in [-0.2, 0) is 11.9 Å². The van der Waals surface area contributed by atoms with Crippen molar-refractivity contribution in [3.8, 4) is 5.75 Å². The summed E-state index contributed by atoms with van der Waals surface area (Å²) >= 11 is 6.83. The Morgan fingerprint density at radius 1 is 1.15 bits per heavy atom. The van der Waals surface area contributed by atoms with E-state index >= 15 is 0 Å². The molecule has 0 atom stereocenters. The molecule has 2 aromatic rings. The van der Waals surface area contributed by atoms with E-state index in [2.05, 4.69) is 31.9 Å². The zero-order valence-electron chi connectivity index (χ0n) is 10.4. The molecule has 0 saturated carbocycles. The van der Waals surface area contributed by atoms with E-state index in [1.54, 1.807) is 12.1 Å². The number of hydrogen-bond acceptors (Lipinski definition) is 3. The number of nitro benzene ring substituents is 1. The first-order chi connectivity index (χ1) is 9.60. The molecule has 2 rings (SSSR count). The number of nitro groups is 1. The van der Waals surface area contributed by atoms with Crippen LogP contribution in [0.1, 0.15) is 11.1 Å². The third-order valence-electron chi connectivity index (χ3n) is 2.71. The van der Waals surface area contributed by atoms with Gasteiger partial charge in [-0.15, -0.1) is 0 Å². The van der Waals surface area contributed by atoms with Crippen molar-refractivity contribution in [3.05, 3.63) is 68.2 Å². The zero-order chi connectivity index (χ0) is 14.5. The van der Waals surface area contributed by atoms with Crippen molar-refractivity contribution in [2.24, 2.45) is 0 Å². The molecule has 0 bridgehead atoms. The number of ether oxygens (including phenoxy) is 1. The van der Waals surface area contributed by atoms with E-state index < -0.39 is 4.92 Å². The summed E-state index contributed by atoms with van der Waals surface area (Å²) in [5.41, 5.74) is 2.01. The molecule has 0 saturated heterocycles. The number of hydrogen-bond donors (Lipinski definition) is 0. The molecule has 0 unspecified atom stereocenters. The summed E-state index contributed by atoms with van der Waals surface area (Å²) in [7, 11) is 0. The third kappa shape index (κ3) is 3.80. The van der Waals surface area contributed by atoms with Gasteiger partial charge in [-0.2, -0.15) is 0 Å². The van der Waals surface area contributed by atoms with Gasteiger partial charge < -0.3 is 4.74 Å². The lowest BCUT2D eigenvalue weighted by Gasteiger charge is -2.10. The smallest absolute Gasteiger partial charge is 0.269 e. The second-order valence-corrected chi connectivity index (χ2v) is 5.57. The highest BCUT2D eigenvalue weighted by Gasteiger charge is 2.06. The van der Waals surface area contributed by atoms with Gasteiger partial charge in [0.25, 0.3) is 5.69 Å². The van der Waals surface area contributed by atoms with Crippen molar-refractivity contribution >= 4 is 37.5 Å². The number of nitrogens with zero attached hydrogens (tertiary/aromatic N) is 1. The maximum absolute atomic E-state index is 10.6. The van der Waals surface area contributed by atoms with Crippen LogP contribution in [-0.4, -0.2) is 4.92 Å². The summed E-state index contributed by atoms with van der Waals surface area (Å²) in [5.74, 6) is 0.795. The molecule has 0 fully saturated rings. The Morgan fingerprint density at radius 3 is 2.45 bits per heavy atom. The van der Waals surface area contributed by atoms with Crippen molar-refractivity contribution < 1.29 is 9.66 Å². The minimum Gasteiger partial charge on any atom is -0.489 e. The van der Waals surface area contributed by atoms with Gasteiger partial charge in [0.05, 0.1) is 4.92 Å². The second-order valence-electron chi connectivity index (χ2n) is 4.10. The van der Waals surface area contributed by atoms with E-state index in [1.165, 1.54) is 12.1 Å². The summed E-state index contributed by atoms with van der Waals surface area (Å²) in [6.07, 6.45) is 0. The van der Waals surface area contributed by atoms with Gasteiger partial charge in [0, 0.05) is 27.5 Å². The maximum atomic E-state index is 10.6. The molecule has 0 aromatic heterocycles. The summed E-state index contributed by atoms with van der Waals surface area (Å²) in [6.45, 7) is 0.375. The Hall–Kier alpha value is -1.40. The molecular formula is C14H11Br2NO3. The number of non-ortho nitro benzene ring substituents is 1. The first-order valence-electron chi connectivity index (χ1n) is 5.80. The molecule has 4 nitrogen and oxygen atoms in total. The predicted octanol–water partition coefficient (Wildman–Crippen LogP) is 4.83. The zero-order valence-corrected chi connectivity index (χ0v) is 13.6. The normalized spacial score (nSPS) is 10.3. The third-order valence-corrected chi connectivity index (χ3v) is 3.81. The minimum atomic E-state index is -0.414. The fourth-order valence-corrected chi connectivity index (χ4v) is 2.51. The van der Waals surface area contributed by atoms with Crippen LogP contribution < -0.4 is 4.74 Å². The van der Waals surface area contributed by atoms with Crippen molar-refractivity contribution in [2.45, 2.75) is 11.9 Å². The maximum Gasteiger partial charge on any atom is 0.269 e. The van der Waals surface area contributed by atoms with E-state index in [0.717, 1.165) is 21.3 Å². The van der Waals surface area contributed by atoms with Gasteiger partial charge in [-0.1, -0.05) is 31.9 Å². The number of rotatable bonds is 5. The summed E-state index contributed by atoms with van der Waals surface area (Å²) in [6, 6.07) is 12.1. The van der Waals surface area contributed by atoms with E-state index in [-0.39, 0.29) is 5.69 Å². The van der Waals surface area contributed by atoms with Crippen molar-refractivity contribution in [2.75, 3.05) is 0 Å². The van der Waals surface area contributed by atoms with Crippen LogP contribution in [0.4, 0.5) is 5.69 Å². The van der Waals surface area contributed by atoms with E-state index in [1.807, 2.05) is 18.2 Å². The molecule has 2 aromatic carbocycles. The quantitative estimate of drug-likeness (QED) is 0.410. The lowest BCUT2D eigenvalue weighted by molar-refractivity contribution is -0.384. The lowest BCUT2D eigenvalue weighted by Crippen LogP contribution is -1.98. The van der Waals surface area contributed by atoms with Crippen molar-refractivity contribution in [3.63, 3.8) is 0 Å². The van der Waals surface area contributed by atoms with Crippen LogP contribution in [0.3, 0.4) is 0 Å². The predicted molar refractivity (Wildman–Crippen MR) is 84.2 cm³/mol. The van der Waals surface area contributed by atoms with Crippen LogP contribution in [0.15, 0.2) is 46.9 Å². The van der Waals surface area contributed by atoms with Gasteiger partial charge in [-0.3, -0.25) is 10.1 Å². The second kappa shape index (κ2) is 6.85. The van der Waals surface area contributed by atoms with Crippen molar-refractivity contribution in [1.29, 1.82) is 0 Å². The Kier molecular flexibility index (Phi) is 5.14. The van der Waals surface area contributed by atoms with E-state index in [0.29, 0.717) is 11.9 Å². The van der Waals surface area contributed by atoms with Crippen LogP contribution in [0.25, 0.3) is 0 Å². The first kappa shape index (κ1) is 15.0. The Bertz CT molecular complexity index is 614. The Labute approximate surface area is 133 Å². The molecule has 0 aliphatic carbocycles. The molecule has 0 N–H and O–H groups in total. The molecule has 104 valence electrons. The standard InChI is InChI=1S/C14H11Br2NO3/c15-8-11-7-12(16)3-6-14(11)20-9-10-1-4-13(5-2-10)17(18)19/h1-7H,8-9H2. The first-order valence-corrected chi connectivity index (χ1v) is 7.72. The van der Waals surface area contributed by atoms with Gasteiger partial charge in [0.1, 0.15) is 12.4 Å². The fourth-order valence-electron chi connectivity index (χ4n) is 1.67. The SMILES string of the molecule is O=[N+]([O-])c1ccc(COc2ccc(Br)cc2CBr)cc1. The molecule has 20 heavy (non-hydrogen) atoms. The molecular weight excluding hydrogens is 390 g/mol. The average molecular weight is 401 g/mol. The highest BCUT2D eigenvalue weighted by atomic mass is 79.9. The number of alkyl halides is 1. The van der Waals surface area contributed by atoms with Crippen LogP contribution in [0.2, 0.25) is 0 Å². The molecule has 0 aliphatic rings. The molecule has 0 spiro atoms. The summed E-state index contributed by atoms with van der Waals surface area (Å²) in [5, 5.41) is 11.3. The van der Waals surface area contributed by atoms with Crippen molar-refractivity contribution in [1.82, 2.24) is 0 Å².